The summed E-state index contributed by atoms with van der Waals surface area (Å²) in [6.45, 7) is -0.0188. The molecule has 3 aromatic rings. The third kappa shape index (κ3) is 5.18. The first-order valence-electron chi connectivity index (χ1n) is 8.15. The predicted octanol–water partition coefficient (Wildman–Crippen LogP) is 2.09. The molecular weight excluding hydrogens is 384 g/mol. The van der Waals surface area contributed by atoms with Gasteiger partial charge in [0, 0.05) is 36.1 Å². The van der Waals surface area contributed by atoms with Gasteiger partial charge in [0.2, 0.25) is 11.8 Å². The third-order valence-electron chi connectivity index (χ3n) is 3.70. The number of benzene rings is 1. The van der Waals surface area contributed by atoms with Crippen LogP contribution in [0.25, 0.3) is 4.96 Å². The van der Waals surface area contributed by atoms with Crippen molar-refractivity contribution in [1.29, 1.82) is 0 Å². The number of likely N-dealkylation sites (N-methyl/N-ethyl adjacent to an activating group) is 1. The van der Waals surface area contributed by atoms with Gasteiger partial charge in [0.05, 0.1) is 18.0 Å². The van der Waals surface area contributed by atoms with Crippen LogP contribution in [0.15, 0.2) is 52.8 Å². The maximum Gasteiger partial charge on any atom is 0.258 e. The van der Waals surface area contributed by atoms with Gasteiger partial charge in [0.1, 0.15) is 0 Å². The first kappa shape index (κ1) is 19.1. The normalized spacial score (nSPS) is 10.7. The number of rotatable bonds is 7. The number of fused-ring (bicyclic) bond motifs is 1. The van der Waals surface area contributed by atoms with Crippen molar-refractivity contribution in [2.75, 3.05) is 24.7 Å². The quantitative estimate of drug-likeness (QED) is 0.654. The van der Waals surface area contributed by atoms with E-state index in [1.807, 2.05) is 18.2 Å². The van der Waals surface area contributed by atoms with Crippen LogP contribution in [0.4, 0.5) is 5.69 Å². The molecule has 0 saturated carbocycles. The van der Waals surface area contributed by atoms with Crippen molar-refractivity contribution in [2.24, 2.45) is 0 Å². The van der Waals surface area contributed by atoms with Crippen LogP contribution in [-0.4, -0.2) is 45.4 Å². The zero-order valence-electron chi connectivity index (χ0n) is 14.6. The molecule has 2 heterocycles. The van der Waals surface area contributed by atoms with Crippen LogP contribution in [-0.2, 0) is 15.3 Å². The smallest absolute Gasteiger partial charge is 0.258 e. The minimum atomic E-state index is -0.250. The van der Waals surface area contributed by atoms with Crippen LogP contribution < -0.4 is 10.9 Å². The highest BCUT2D eigenvalue weighted by atomic mass is 32.2. The largest absolute Gasteiger partial charge is 0.336 e. The number of anilines is 1. The van der Waals surface area contributed by atoms with E-state index in [9.17, 15) is 14.4 Å². The topological polar surface area (TPSA) is 83.8 Å². The van der Waals surface area contributed by atoms with E-state index < -0.39 is 0 Å². The highest BCUT2D eigenvalue weighted by molar-refractivity contribution is 7.99. The fourth-order valence-corrected chi connectivity index (χ4v) is 3.93. The van der Waals surface area contributed by atoms with Crippen LogP contribution in [0.3, 0.4) is 0 Å². The molecule has 0 fully saturated rings. The summed E-state index contributed by atoms with van der Waals surface area (Å²) >= 11 is 2.76. The van der Waals surface area contributed by atoms with Gasteiger partial charge in [0.25, 0.3) is 5.56 Å². The number of carbonyl (C=O) groups excluding carboxylic acids is 2. The standard InChI is InChI=1S/C18H18N4O3S2/c1-21(10-15(23)19-13-5-3-2-4-6-13)17(25)12-26-11-14-9-16(24)22-7-8-27-18(22)20-14/h2-9H,10-12H2,1H3,(H,19,23). The van der Waals surface area contributed by atoms with Crippen LogP contribution in [0.5, 0.6) is 0 Å². The second-order valence-electron chi connectivity index (χ2n) is 5.80. The Balaban J connectivity index is 1.46. The molecular formula is C18H18N4O3S2. The molecule has 0 atom stereocenters. The molecule has 9 heteroatoms. The van der Waals surface area contributed by atoms with E-state index >= 15 is 0 Å². The Morgan fingerprint density at radius 3 is 2.85 bits per heavy atom. The Bertz CT molecular complexity index is 1000. The third-order valence-corrected chi connectivity index (χ3v) is 5.40. The van der Waals surface area contributed by atoms with Crippen molar-refractivity contribution < 1.29 is 9.59 Å². The maximum atomic E-state index is 12.2. The van der Waals surface area contributed by atoms with Gasteiger partial charge < -0.3 is 10.2 Å². The molecule has 140 valence electrons. The lowest BCUT2D eigenvalue weighted by atomic mass is 10.3. The molecule has 0 unspecified atom stereocenters. The lowest BCUT2D eigenvalue weighted by Crippen LogP contribution is -2.36. The monoisotopic (exact) mass is 402 g/mol. The second-order valence-corrected chi connectivity index (χ2v) is 7.66. The van der Waals surface area contributed by atoms with Gasteiger partial charge in [-0.3, -0.25) is 18.8 Å². The zero-order chi connectivity index (χ0) is 19.2. The second kappa shape index (κ2) is 8.83. The summed E-state index contributed by atoms with van der Waals surface area (Å²) in [6.07, 6.45) is 1.69. The maximum absolute atomic E-state index is 12.2. The van der Waals surface area contributed by atoms with E-state index in [1.165, 1.54) is 38.5 Å². The lowest BCUT2D eigenvalue weighted by Gasteiger charge is -2.16. The van der Waals surface area contributed by atoms with E-state index in [1.54, 1.807) is 30.8 Å². The lowest BCUT2D eigenvalue weighted by molar-refractivity contribution is -0.131. The van der Waals surface area contributed by atoms with E-state index in [0.717, 1.165) is 0 Å². The summed E-state index contributed by atoms with van der Waals surface area (Å²) in [6, 6.07) is 10.6. The summed E-state index contributed by atoms with van der Waals surface area (Å²) in [5.41, 5.74) is 1.21. The molecule has 7 nitrogen and oxygen atoms in total. The molecule has 2 aromatic heterocycles. The number of nitrogens with zero attached hydrogens (tertiary/aromatic N) is 3. The SMILES string of the molecule is CN(CC(=O)Nc1ccccc1)C(=O)CSCc1cc(=O)n2ccsc2n1. The van der Waals surface area contributed by atoms with Crippen molar-refractivity contribution in [3.8, 4) is 0 Å². The summed E-state index contributed by atoms with van der Waals surface area (Å²) < 4.78 is 1.49. The number of hydrogen-bond acceptors (Lipinski definition) is 6. The average Bonchev–Trinajstić information content (AvgIpc) is 3.11. The molecule has 0 aliphatic rings. The van der Waals surface area contributed by atoms with Gasteiger partial charge in [-0.25, -0.2) is 4.98 Å². The summed E-state index contributed by atoms with van der Waals surface area (Å²) in [5.74, 6) is 0.261. The first-order chi connectivity index (χ1) is 13.0. The number of carbonyl (C=O) groups is 2. The molecule has 3 rings (SSSR count). The highest BCUT2D eigenvalue weighted by Crippen LogP contribution is 2.13. The number of thioether (sulfide) groups is 1. The summed E-state index contributed by atoms with van der Waals surface area (Å²) in [7, 11) is 1.59. The van der Waals surface area contributed by atoms with E-state index in [-0.39, 0.29) is 29.7 Å². The highest BCUT2D eigenvalue weighted by Gasteiger charge is 2.13. The van der Waals surface area contributed by atoms with Crippen molar-refractivity contribution in [3.63, 3.8) is 0 Å². The number of para-hydroxylation sites is 1. The Labute approximate surface area is 164 Å². The van der Waals surface area contributed by atoms with Crippen molar-refractivity contribution in [3.05, 3.63) is 64.0 Å². The predicted molar refractivity (Wildman–Crippen MR) is 108 cm³/mol. The van der Waals surface area contributed by atoms with Gasteiger partial charge in [-0.15, -0.1) is 23.1 Å². The molecule has 27 heavy (non-hydrogen) atoms. The van der Waals surface area contributed by atoms with Crippen molar-refractivity contribution in [2.45, 2.75) is 5.75 Å². The number of hydrogen-bond donors (Lipinski definition) is 1. The van der Waals surface area contributed by atoms with E-state index in [2.05, 4.69) is 10.3 Å². The fraction of sp³-hybridized carbons (Fsp3) is 0.222. The van der Waals surface area contributed by atoms with Crippen LogP contribution in [0.2, 0.25) is 0 Å². The van der Waals surface area contributed by atoms with Crippen LogP contribution >= 0.6 is 23.1 Å². The molecule has 2 amide bonds. The Morgan fingerprint density at radius 1 is 1.30 bits per heavy atom. The molecule has 0 aliphatic heterocycles. The van der Waals surface area contributed by atoms with Gasteiger partial charge >= 0.3 is 0 Å². The zero-order valence-corrected chi connectivity index (χ0v) is 16.3. The van der Waals surface area contributed by atoms with Crippen LogP contribution in [0, 0.1) is 0 Å². The Hall–Kier alpha value is -2.65. The van der Waals surface area contributed by atoms with Crippen molar-refractivity contribution >= 4 is 45.6 Å². The van der Waals surface area contributed by atoms with Gasteiger partial charge in [-0.2, -0.15) is 0 Å². The Kier molecular flexibility index (Phi) is 6.25. The molecule has 0 radical (unpaired) electrons. The number of amides is 2. The van der Waals surface area contributed by atoms with Gasteiger partial charge in [-0.05, 0) is 12.1 Å². The minimum absolute atomic E-state index is 0.0188. The van der Waals surface area contributed by atoms with Gasteiger partial charge in [-0.1, -0.05) is 18.2 Å². The molecule has 0 aliphatic carbocycles. The summed E-state index contributed by atoms with van der Waals surface area (Å²) in [5, 5.41) is 4.55. The molecule has 1 N–H and O–H groups in total. The molecule has 0 bridgehead atoms. The fourth-order valence-electron chi connectivity index (χ4n) is 2.34. The van der Waals surface area contributed by atoms with Gasteiger partial charge in [0.15, 0.2) is 4.96 Å². The molecule has 0 spiro atoms. The first-order valence-corrected chi connectivity index (χ1v) is 10.2. The Morgan fingerprint density at radius 2 is 2.07 bits per heavy atom. The molecule has 1 aromatic carbocycles. The number of nitrogens with one attached hydrogen (secondary N) is 1. The van der Waals surface area contributed by atoms with E-state index in [0.29, 0.717) is 22.1 Å². The minimum Gasteiger partial charge on any atom is -0.336 e. The van der Waals surface area contributed by atoms with E-state index in [4.69, 9.17) is 0 Å². The summed E-state index contributed by atoms with van der Waals surface area (Å²) in [4.78, 5) is 42.6. The molecule has 0 saturated heterocycles. The number of aromatic nitrogens is 2. The number of thiazole rings is 1. The van der Waals surface area contributed by atoms with Crippen molar-refractivity contribution in [1.82, 2.24) is 14.3 Å². The average molecular weight is 403 g/mol. The van der Waals surface area contributed by atoms with Crippen LogP contribution in [0.1, 0.15) is 5.69 Å².